The van der Waals surface area contributed by atoms with E-state index in [9.17, 15) is 0 Å². The fraction of sp³-hybridized carbons (Fsp3) is 0.312. The lowest BCUT2D eigenvalue weighted by Gasteiger charge is -2.26. The van der Waals surface area contributed by atoms with Crippen LogP contribution in [0.3, 0.4) is 0 Å². The maximum Gasteiger partial charge on any atom is 0.160 e. The number of aromatic amines is 1. The Morgan fingerprint density at radius 1 is 1.30 bits per heavy atom. The number of aromatic nitrogens is 4. The van der Waals surface area contributed by atoms with Gasteiger partial charge in [-0.25, -0.2) is 9.97 Å². The number of benzene rings is 1. The summed E-state index contributed by atoms with van der Waals surface area (Å²) in [6.07, 6.45) is 5.52. The quantitative estimate of drug-likeness (QED) is 0.796. The first-order valence-electron chi connectivity index (χ1n) is 7.61. The Morgan fingerprint density at radius 2 is 2.22 bits per heavy atom. The van der Waals surface area contributed by atoms with Gasteiger partial charge in [-0.1, -0.05) is 23.7 Å². The summed E-state index contributed by atoms with van der Waals surface area (Å²) in [6, 6.07) is 7.81. The third kappa shape index (κ3) is 2.70. The number of para-hydroxylation sites is 1. The Hall–Kier alpha value is -2.34. The Balaban J connectivity index is 1.55. The van der Waals surface area contributed by atoms with Crippen molar-refractivity contribution in [3.8, 4) is 5.75 Å². The molecule has 1 atom stereocenters. The molecule has 1 unspecified atom stereocenters. The zero-order valence-corrected chi connectivity index (χ0v) is 13.2. The average Bonchev–Trinajstić information content (AvgIpc) is 3.22. The highest BCUT2D eigenvalue weighted by Crippen LogP contribution is 2.30. The van der Waals surface area contributed by atoms with Crippen LogP contribution in [0.5, 0.6) is 5.75 Å². The minimum Gasteiger partial charge on any atom is -0.490 e. The third-order valence-electron chi connectivity index (χ3n) is 4.14. The van der Waals surface area contributed by atoms with E-state index in [-0.39, 0.29) is 6.04 Å². The van der Waals surface area contributed by atoms with Crippen LogP contribution in [-0.4, -0.2) is 39.4 Å². The van der Waals surface area contributed by atoms with Gasteiger partial charge in [-0.2, -0.15) is 5.10 Å². The number of nitrogens with zero attached hydrogens (tertiary/aromatic N) is 4. The number of ether oxygens (including phenoxy) is 1. The van der Waals surface area contributed by atoms with E-state index < -0.39 is 0 Å². The molecule has 1 aliphatic rings. The summed E-state index contributed by atoms with van der Waals surface area (Å²) in [6.45, 7) is 1.53. The van der Waals surface area contributed by atoms with E-state index >= 15 is 0 Å². The van der Waals surface area contributed by atoms with Crippen molar-refractivity contribution in [3.63, 3.8) is 0 Å². The van der Waals surface area contributed by atoms with E-state index in [0.29, 0.717) is 11.6 Å². The number of hydrogen-bond donors (Lipinski definition) is 1. The van der Waals surface area contributed by atoms with Crippen LogP contribution in [0.2, 0.25) is 5.02 Å². The van der Waals surface area contributed by atoms with Gasteiger partial charge in [-0.3, -0.25) is 5.10 Å². The molecule has 1 N–H and O–H groups in total. The largest absolute Gasteiger partial charge is 0.490 e. The second-order valence-electron chi connectivity index (χ2n) is 5.56. The molecule has 3 heterocycles. The smallest absolute Gasteiger partial charge is 0.160 e. The number of halogens is 1. The first-order valence-corrected chi connectivity index (χ1v) is 7.99. The molecule has 7 heteroatoms. The van der Waals surface area contributed by atoms with Crippen LogP contribution in [0.25, 0.3) is 11.0 Å². The Morgan fingerprint density at radius 3 is 3.13 bits per heavy atom. The van der Waals surface area contributed by atoms with Crippen molar-refractivity contribution in [1.82, 2.24) is 20.2 Å². The van der Waals surface area contributed by atoms with Gasteiger partial charge in [0.2, 0.25) is 0 Å². The number of hydrogen-bond acceptors (Lipinski definition) is 5. The highest BCUT2D eigenvalue weighted by molar-refractivity contribution is 6.32. The lowest BCUT2D eigenvalue weighted by atomic mass is 10.2. The number of rotatable bonds is 4. The fourth-order valence-electron chi connectivity index (χ4n) is 3.02. The van der Waals surface area contributed by atoms with Gasteiger partial charge in [-0.05, 0) is 25.0 Å². The Kier molecular flexibility index (Phi) is 3.75. The molecule has 0 spiro atoms. The normalized spacial score (nSPS) is 17.8. The third-order valence-corrected chi connectivity index (χ3v) is 4.46. The molecule has 23 heavy (non-hydrogen) atoms. The van der Waals surface area contributed by atoms with Crippen LogP contribution in [0.4, 0.5) is 5.82 Å². The summed E-state index contributed by atoms with van der Waals surface area (Å²) in [5, 5.41) is 8.53. The highest BCUT2D eigenvalue weighted by atomic mass is 35.5. The molecule has 1 aliphatic heterocycles. The molecule has 4 rings (SSSR count). The zero-order chi connectivity index (χ0) is 15.6. The minimum absolute atomic E-state index is 0.263. The van der Waals surface area contributed by atoms with Crippen LogP contribution in [0.1, 0.15) is 12.8 Å². The van der Waals surface area contributed by atoms with Crippen LogP contribution in [0.15, 0.2) is 36.8 Å². The molecule has 3 aromatic rings. The van der Waals surface area contributed by atoms with E-state index in [1.807, 2.05) is 24.3 Å². The van der Waals surface area contributed by atoms with Crippen LogP contribution < -0.4 is 9.64 Å². The van der Waals surface area contributed by atoms with Crippen molar-refractivity contribution in [3.05, 3.63) is 41.8 Å². The molecule has 1 aromatic carbocycles. The van der Waals surface area contributed by atoms with Crippen molar-refractivity contribution >= 4 is 28.5 Å². The van der Waals surface area contributed by atoms with Gasteiger partial charge < -0.3 is 9.64 Å². The van der Waals surface area contributed by atoms with E-state index in [1.165, 1.54) is 0 Å². The maximum atomic E-state index is 6.15. The predicted octanol–water partition coefficient (Wildman–Crippen LogP) is 3.05. The molecule has 0 saturated carbocycles. The van der Waals surface area contributed by atoms with Crippen molar-refractivity contribution < 1.29 is 4.74 Å². The highest BCUT2D eigenvalue weighted by Gasteiger charge is 2.28. The number of fused-ring (bicyclic) bond motifs is 1. The maximum absolute atomic E-state index is 6.15. The molecular weight excluding hydrogens is 314 g/mol. The molecule has 0 aliphatic carbocycles. The molecule has 2 aromatic heterocycles. The standard InChI is InChI=1S/C16H16ClN5O/c17-13-5-1-2-6-14(13)23-9-11-4-3-7-22(11)16-12-8-20-21-15(12)18-10-19-16/h1-2,5-6,8,10-11H,3-4,7,9H2,(H,18,19,20,21). The van der Waals surface area contributed by atoms with Crippen LogP contribution >= 0.6 is 11.6 Å². The molecule has 6 nitrogen and oxygen atoms in total. The first-order chi connectivity index (χ1) is 11.3. The lowest BCUT2D eigenvalue weighted by Crippen LogP contribution is -2.35. The Labute approximate surface area is 138 Å². The van der Waals surface area contributed by atoms with Gasteiger partial charge in [0.25, 0.3) is 0 Å². The topological polar surface area (TPSA) is 66.9 Å². The van der Waals surface area contributed by atoms with Gasteiger partial charge in [0.1, 0.15) is 24.5 Å². The molecular formula is C16H16ClN5O. The van der Waals surface area contributed by atoms with E-state index in [1.54, 1.807) is 12.5 Å². The van der Waals surface area contributed by atoms with E-state index in [2.05, 4.69) is 25.1 Å². The van der Waals surface area contributed by atoms with Crippen molar-refractivity contribution in [2.24, 2.45) is 0 Å². The molecule has 0 radical (unpaired) electrons. The van der Waals surface area contributed by atoms with Crippen molar-refractivity contribution in [1.29, 1.82) is 0 Å². The van der Waals surface area contributed by atoms with Crippen molar-refractivity contribution in [2.45, 2.75) is 18.9 Å². The summed E-state index contributed by atoms with van der Waals surface area (Å²) >= 11 is 6.15. The minimum atomic E-state index is 0.263. The second-order valence-corrected chi connectivity index (χ2v) is 5.97. The monoisotopic (exact) mass is 329 g/mol. The van der Waals surface area contributed by atoms with Gasteiger partial charge in [0.15, 0.2) is 5.65 Å². The van der Waals surface area contributed by atoms with Gasteiger partial charge >= 0.3 is 0 Å². The van der Waals surface area contributed by atoms with Crippen molar-refractivity contribution in [2.75, 3.05) is 18.1 Å². The molecule has 0 bridgehead atoms. The fourth-order valence-corrected chi connectivity index (χ4v) is 3.21. The van der Waals surface area contributed by atoms with Crippen LogP contribution in [0, 0.1) is 0 Å². The van der Waals surface area contributed by atoms with E-state index in [4.69, 9.17) is 16.3 Å². The Bertz CT molecular complexity index is 821. The lowest BCUT2D eigenvalue weighted by molar-refractivity contribution is 0.288. The van der Waals surface area contributed by atoms with Gasteiger partial charge in [-0.15, -0.1) is 0 Å². The predicted molar refractivity (Wildman–Crippen MR) is 89.0 cm³/mol. The molecule has 118 valence electrons. The number of H-pyrrole nitrogens is 1. The molecule has 0 amide bonds. The second kappa shape index (κ2) is 6.04. The summed E-state index contributed by atoms with van der Waals surface area (Å²) in [5.74, 6) is 1.63. The number of nitrogens with one attached hydrogen (secondary N) is 1. The summed E-state index contributed by atoms with van der Waals surface area (Å²) < 4.78 is 5.93. The molecule has 1 saturated heterocycles. The summed E-state index contributed by atoms with van der Waals surface area (Å²) in [5.41, 5.74) is 0.757. The van der Waals surface area contributed by atoms with Crippen LogP contribution in [-0.2, 0) is 0 Å². The average molecular weight is 330 g/mol. The number of anilines is 1. The molecule has 1 fully saturated rings. The first kappa shape index (κ1) is 14.3. The SMILES string of the molecule is Clc1ccccc1OCC1CCCN1c1ncnc2[nH]ncc12. The van der Waals surface area contributed by atoms with Gasteiger partial charge in [0, 0.05) is 6.54 Å². The summed E-state index contributed by atoms with van der Waals surface area (Å²) in [7, 11) is 0. The van der Waals surface area contributed by atoms with E-state index in [0.717, 1.165) is 42.0 Å². The van der Waals surface area contributed by atoms with Gasteiger partial charge in [0.05, 0.1) is 22.6 Å². The summed E-state index contributed by atoms with van der Waals surface area (Å²) in [4.78, 5) is 10.9. The zero-order valence-electron chi connectivity index (χ0n) is 12.4.